The molecule has 4 nitrogen and oxygen atoms in total. The quantitative estimate of drug-likeness (QED) is 0.198. The highest BCUT2D eigenvalue weighted by Gasteiger charge is 2.29. The minimum atomic E-state index is -0.296. The molecule has 1 N–H and O–H groups in total. The molecule has 0 amide bonds. The summed E-state index contributed by atoms with van der Waals surface area (Å²) in [5.41, 5.74) is 10.5. The van der Waals surface area contributed by atoms with Gasteiger partial charge in [0.1, 0.15) is 11.6 Å². The van der Waals surface area contributed by atoms with Crippen molar-refractivity contribution in [3.63, 3.8) is 0 Å². The predicted octanol–water partition coefficient (Wildman–Crippen LogP) is 13.2. The molecule has 9 aromatic rings. The minimum Gasteiger partial charge on any atom is -0.507 e. The molecule has 0 spiro atoms. The third-order valence-corrected chi connectivity index (χ3v) is 11.7. The van der Waals surface area contributed by atoms with Gasteiger partial charge >= 0.3 is 0 Å². The number of phenolic OH excluding ortho intramolecular Hbond substituents is 1. The first kappa shape index (κ1) is 33.1. The summed E-state index contributed by atoms with van der Waals surface area (Å²) in [5, 5.41) is 15.8. The Kier molecular flexibility index (Phi) is 7.58. The first-order valence-electron chi connectivity index (χ1n) is 18.2. The van der Waals surface area contributed by atoms with Crippen LogP contribution in [0.4, 0.5) is 0 Å². The Morgan fingerprint density at radius 1 is 0.585 bits per heavy atom. The lowest BCUT2D eigenvalue weighted by atomic mass is 9.79. The highest BCUT2D eigenvalue weighted by molar-refractivity contribution is 7.26. The molecule has 0 aliphatic carbocycles. The molecule has 0 atom stereocenters. The van der Waals surface area contributed by atoms with Gasteiger partial charge in [-0.15, -0.1) is 11.3 Å². The van der Waals surface area contributed by atoms with Gasteiger partial charge in [-0.05, 0) is 69.3 Å². The van der Waals surface area contributed by atoms with Crippen molar-refractivity contribution >= 4 is 53.4 Å². The zero-order chi connectivity index (χ0) is 36.6. The molecule has 0 fully saturated rings. The van der Waals surface area contributed by atoms with Crippen molar-refractivity contribution in [2.45, 2.75) is 52.4 Å². The molecule has 0 unspecified atom stereocenters. The number of hydrogen-bond acceptors (Lipinski definition) is 4. The fraction of sp³-hybridized carbons (Fsp3) is 0.167. The van der Waals surface area contributed by atoms with Crippen molar-refractivity contribution in [3.05, 3.63) is 145 Å². The molecule has 3 aromatic heterocycles. The van der Waals surface area contributed by atoms with E-state index in [9.17, 15) is 5.11 Å². The maximum atomic E-state index is 12.3. The standard InChI is InChI=1S/C48H41N3OS/c1-47(2,3)30-26-37(44(52)38(27-30)48(4,5)6)46-50-42-33(21-14-23-40(42)51(46)39-22-13-12-18-31(39)29-16-8-7-9-17-29)35-28-36-43-41(24-15-25-49-43)53-45(36)34-20-11-10-19-32(34)35/h7-28,52H,1-6H3. The smallest absolute Gasteiger partial charge is 0.149 e. The maximum absolute atomic E-state index is 12.3. The van der Waals surface area contributed by atoms with Gasteiger partial charge in [0.05, 0.1) is 32.5 Å². The Balaban J connectivity index is 1.43. The topological polar surface area (TPSA) is 50.9 Å². The van der Waals surface area contributed by atoms with Gasteiger partial charge in [0.15, 0.2) is 0 Å². The van der Waals surface area contributed by atoms with Gasteiger partial charge in [0.2, 0.25) is 0 Å². The molecular formula is C48H41N3OS. The number of rotatable bonds is 4. The summed E-state index contributed by atoms with van der Waals surface area (Å²) in [6.45, 7) is 13.2. The van der Waals surface area contributed by atoms with E-state index in [1.165, 1.54) is 20.2 Å². The van der Waals surface area contributed by atoms with Gasteiger partial charge in [0.25, 0.3) is 0 Å². The molecule has 0 radical (unpaired) electrons. The summed E-state index contributed by atoms with van der Waals surface area (Å²) in [7, 11) is 0. The Bertz CT molecular complexity index is 2870. The highest BCUT2D eigenvalue weighted by atomic mass is 32.1. The van der Waals surface area contributed by atoms with Crippen molar-refractivity contribution in [1.29, 1.82) is 0 Å². The summed E-state index contributed by atoms with van der Waals surface area (Å²) in [4.78, 5) is 10.4. The number of imidazole rings is 1. The molecule has 6 aromatic carbocycles. The monoisotopic (exact) mass is 707 g/mol. The van der Waals surface area contributed by atoms with Crippen LogP contribution in [0, 0.1) is 0 Å². The van der Waals surface area contributed by atoms with Crippen LogP contribution in [0.25, 0.3) is 81.4 Å². The molecule has 5 heteroatoms. The number of aromatic hydroxyl groups is 1. The predicted molar refractivity (Wildman–Crippen MR) is 225 cm³/mol. The van der Waals surface area contributed by atoms with Crippen molar-refractivity contribution in [1.82, 2.24) is 14.5 Å². The normalized spacial score (nSPS) is 12.4. The van der Waals surface area contributed by atoms with E-state index in [2.05, 4.69) is 161 Å². The van der Waals surface area contributed by atoms with E-state index in [4.69, 9.17) is 9.97 Å². The van der Waals surface area contributed by atoms with E-state index >= 15 is 0 Å². The lowest BCUT2D eigenvalue weighted by Gasteiger charge is -2.27. The fourth-order valence-corrected chi connectivity index (χ4v) is 8.90. The molecule has 0 bridgehead atoms. The van der Waals surface area contributed by atoms with Gasteiger partial charge in [0, 0.05) is 38.4 Å². The Labute approximate surface area is 314 Å². The van der Waals surface area contributed by atoms with E-state index in [-0.39, 0.29) is 16.6 Å². The Morgan fingerprint density at radius 2 is 1.30 bits per heavy atom. The fourth-order valence-electron chi connectivity index (χ4n) is 7.72. The minimum absolute atomic E-state index is 0.155. The zero-order valence-electron chi connectivity index (χ0n) is 30.9. The lowest BCUT2D eigenvalue weighted by Crippen LogP contribution is -2.17. The summed E-state index contributed by atoms with van der Waals surface area (Å²) in [5.74, 6) is 0.974. The summed E-state index contributed by atoms with van der Waals surface area (Å²) in [6, 6.07) is 45.0. The number of phenols is 1. The van der Waals surface area contributed by atoms with E-state index < -0.39 is 0 Å². The number of nitrogens with zero attached hydrogens (tertiary/aromatic N) is 3. The first-order valence-corrected chi connectivity index (χ1v) is 19.0. The average Bonchev–Trinajstić information content (AvgIpc) is 3.73. The van der Waals surface area contributed by atoms with Crippen LogP contribution in [0.5, 0.6) is 5.75 Å². The van der Waals surface area contributed by atoms with Gasteiger partial charge < -0.3 is 5.11 Å². The van der Waals surface area contributed by atoms with E-state index in [1.54, 1.807) is 11.3 Å². The van der Waals surface area contributed by atoms with Crippen LogP contribution in [0.3, 0.4) is 0 Å². The van der Waals surface area contributed by atoms with Crippen LogP contribution in [0.2, 0.25) is 0 Å². The van der Waals surface area contributed by atoms with E-state index in [0.29, 0.717) is 5.82 Å². The van der Waals surface area contributed by atoms with Crippen LogP contribution >= 0.6 is 11.3 Å². The number of aromatic nitrogens is 3. The third-order valence-electron chi connectivity index (χ3n) is 10.5. The molecule has 0 saturated carbocycles. The number of benzene rings is 6. The van der Waals surface area contributed by atoms with Crippen molar-refractivity contribution in [2.24, 2.45) is 0 Å². The van der Waals surface area contributed by atoms with Crippen LogP contribution < -0.4 is 0 Å². The zero-order valence-corrected chi connectivity index (χ0v) is 31.7. The first-order chi connectivity index (χ1) is 25.5. The van der Waals surface area contributed by atoms with Crippen LogP contribution in [0.15, 0.2) is 134 Å². The molecule has 0 aliphatic heterocycles. The number of pyridine rings is 1. The largest absolute Gasteiger partial charge is 0.507 e. The molecule has 260 valence electrons. The lowest BCUT2D eigenvalue weighted by molar-refractivity contribution is 0.446. The number of thiophene rings is 1. The number of fused-ring (bicyclic) bond motifs is 6. The second kappa shape index (κ2) is 12.1. The second-order valence-electron chi connectivity index (χ2n) is 16.0. The maximum Gasteiger partial charge on any atom is 0.149 e. The summed E-state index contributed by atoms with van der Waals surface area (Å²) < 4.78 is 4.68. The van der Waals surface area contributed by atoms with Crippen LogP contribution in [-0.2, 0) is 10.8 Å². The van der Waals surface area contributed by atoms with Crippen molar-refractivity contribution in [3.8, 4) is 45.1 Å². The average molecular weight is 708 g/mol. The van der Waals surface area contributed by atoms with Crippen LogP contribution in [0.1, 0.15) is 52.7 Å². The van der Waals surface area contributed by atoms with Gasteiger partial charge in [-0.3, -0.25) is 9.55 Å². The van der Waals surface area contributed by atoms with Gasteiger partial charge in [-0.25, -0.2) is 4.98 Å². The molecule has 53 heavy (non-hydrogen) atoms. The Morgan fingerprint density at radius 3 is 2.08 bits per heavy atom. The molecule has 0 saturated heterocycles. The highest BCUT2D eigenvalue weighted by Crippen LogP contribution is 2.47. The van der Waals surface area contributed by atoms with Gasteiger partial charge in [-0.2, -0.15) is 0 Å². The molecule has 0 aliphatic rings. The van der Waals surface area contributed by atoms with Crippen molar-refractivity contribution < 1.29 is 5.11 Å². The SMILES string of the molecule is CC(C)(C)c1cc(-c2nc3c(-c4cc5c6ncccc6sc5c5ccccc45)cccc3n2-c2ccccc2-c2ccccc2)c(O)c(C(C)(C)C)c1. The van der Waals surface area contributed by atoms with Gasteiger partial charge in [-0.1, -0.05) is 133 Å². The van der Waals surface area contributed by atoms with E-state index in [0.717, 1.165) is 66.6 Å². The Hall–Kier alpha value is -5.78. The molecule has 9 rings (SSSR count). The molecular weight excluding hydrogens is 667 g/mol. The van der Waals surface area contributed by atoms with Crippen molar-refractivity contribution in [2.75, 3.05) is 0 Å². The number of hydrogen-bond donors (Lipinski definition) is 1. The summed E-state index contributed by atoms with van der Waals surface area (Å²) in [6.07, 6.45) is 1.88. The molecule has 3 heterocycles. The van der Waals surface area contributed by atoms with E-state index in [1.807, 2.05) is 18.3 Å². The third kappa shape index (κ3) is 5.41. The number of para-hydroxylation sites is 2. The summed E-state index contributed by atoms with van der Waals surface area (Å²) >= 11 is 1.80. The second-order valence-corrected chi connectivity index (χ2v) is 17.1. The van der Waals surface area contributed by atoms with Crippen LogP contribution in [-0.4, -0.2) is 19.6 Å².